The van der Waals surface area contributed by atoms with E-state index in [4.69, 9.17) is 0 Å². The lowest BCUT2D eigenvalue weighted by molar-refractivity contribution is 0.722. The highest BCUT2D eigenvalue weighted by Crippen LogP contribution is 2.34. The van der Waals surface area contributed by atoms with Crippen molar-refractivity contribution in [2.75, 3.05) is 0 Å². The van der Waals surface area contributed by atoms with Crippen molar-refractivity contribution in [3.63, 3.8) is 0 Å². The van der Waals surface area contributed by atoms with E-state index in [2.05, 4.69) is 18.2 Å². The van der Waals surface area contributed by atoms with Gasteiger partial charge in [0.15, 0.2) is 0 Å². The topological polar surface area (TPSA) is 0 Å². The first kappa shape index (κ1) is 3.48. The summed E-state index contributed by atoms with van der Waals surface area (Å²) in [6.45, 7) is 0. The Morgan fingerprint density at radius 3 is 2.86 bits per heavy atom. The molecule has 0 aromatic heterocycles. The summed E-state index contributed by atoms with van der Waals surface area (Å²) in [7, 11) is 0. The molecule has 2 rings (SSSR count). The Hall–Kier alpha value is -0.520. The molecule has 1 unspecified atom stereocenters. The molecule has 0 aromatic rings. The number of rotatable bonds is 0. The molecule has 0 fully saturated rings. The molecular formula is C7H8. The molecular weight excluding hydrogens is 84.1 g/mol. The second-order valence-electron chi connectivity index (χ2n) is 2.25. The van der Waals surface area contributed by atoms with Crippen LogP contribution in [0.1, 0.15) is 12.8 Å². The van der Waals surface area contributed by atoms with E-state index in [1.807, 2.05) is 0 Å². The SMILES string of the molecule is C1=CC2CCC=C12. The zero-order valence-electron chi connectivity index (χ0n) is 4.22. The van der Waals surface area contributed by atoms with Gasteiger partial charge in [0.25, 0.3) is 0 Å². The summed E-state index contributed by atoms with van der Waals surface area (Å²) >= 11 is 0. The minimum Gasteiger partial charge on any atom is -0.0807 e. The van der Waals surface area contributed by atoms with Crippen LogP contribution < -0.4 is 0 Å². The standard InChI is InChI=1S/C7H8/c1-2-6-4-5-7(6)3-1/h2,4-5,7H,1,3H2. The van der Waals surface area contributed by atoms with Crippen molar-refractivity contribution in [1.29, 1.82) is 0 Å². The van der Waals surface area contributed by atoms with Crippen LogP contribution in [0.15, 0.2) is 23.8 Å². The van der Waals surface area contributed by atoms with Gasteiger partial charge in [-0.05, 0) is 18.4 Å². The summed E-state index contributed by atoms with van der Waals surface area (Å²) in [4.78, 5) is 0. The van der Waals surface area contributed by atoms with Crippen LogP contribution in [0.4, 0.5) is 0 Å². The Kier molecular flexibility index (Phi) is 0.498. The van der Waals surface area contributed by atoms with E-state index in [0.717, 1.165) is 5.92 Å². The maximum Gasteiger partial charge on any atom is 0.00208 e. The van der Waals surface area contributed by atoms with Gasteiger partial charge in [0.05, 0.1) is 0 Å². The van der Waals surface area contributed by atoms with Crippen molar-refractivity contribution in [3.8, 4) is 0 Å². The first-order valence-corrected chi connectivity index (χ1v) is 2.85. The van der Waals surface area contributed by atoms with E-state index in [0.29, 0.717) is 0 Å². The van der Waals surface area contributed by atoms with E-state index < -0.39 is 0 Å². The monoisotopic (exact) mass is 92.1 g/mol. The zero-order chi connectivity index (χ0) is 4.69. The van der Waals surface area contributed by atoms with Crippen molar-refractivity contribution >= 4 is 0 Å². The summed E-state index contributed by atoms with van der Waals surface area (Å²) in [6, 6.07) is 0. The first-order chi connectivity index (χ1) is 3.47. The van der Waals surface area contributed by atoms with Crippen molar-refractivity contribution in [2.24, 2.45) is 5.92 Å². The molecule has 0 aliphatic heterocycles. The van der Waals surface area contributed by atoms with Gasteiger partial charge in [0.1, 0.15) is 0 Å². The number of hydrogen-bond donors (Lipinski definition) is 0. The van der Waals surface area contributed by atoms with Crippen LogP contribution in [0.25, 0.3) is 0 Å². The molecule has 0 bridgehead atoms. The fraction of sp³-hybridized carbons (Fsp3) is 0.429. The average Bonchev–Trinajstić information content (AvgIpc) is 1.85. The highest BCUT2D eigenvalue weighted by molar-refractivity contribution is 5.38. The molecule has 0 N–H and O–H groups in total. The van der Waals surface area contributed by atoms with E-state index in [-0.39, 0.29) is 0 Å². The molecule has 0 heterocycles. The third-order valence-corrected chi connectivity index (χ3v) is 1.81. The van der Waals surface area contributed by atoms with Crippen LogP contribution in [0.3, 0.4) is 0 Å². The fourth-order valence-electron chi connectivity index (χ4n) is 1.26. The van der Waals surface area contributed by atoms with Crippen LogP contribution in [0.5, 0.6) is 0 Å². The zero-order valence-corrected chi connectivity index (χ0v) is 4.22. The third kappa shape index (κ3) is 0.317. The van der Waals surface area contributed by atoms with Gasteiger partial charge >= 0.3 is 0 Å². The second-order valence-corrected chi connectivity index (χ2v) is 2.25. The molecule has 0 saturated carbocycles. The van der Waals surface area contributed by atoms with Gasteiger partial charge in [0, 0.05) is 5.92 Å². The number of hydrogen-bond acceptors (Lipinski definition) is 0. The number of fused-ring (bicyclic) bond motifs is 1. The minimum atomic E-state index is 0.875. The van der Waals surface area contributed by atoms with Crippen LogP contribution in [0, 0.1) is 5.92 Å². The van der Waals surface area contributed by atoms with Crippen LogP contribution in [-0.4, -0.2) is 0 Å². The van der Waals surface area contributed by atoms with Gasteiger partial charge in [-0.1, -0.05) is 18.2 Å². The van der Waals surface area contributed by atoms with Crippen LogP contribution >= 0.6 is 0 Å². The highest BCUT2D eigenvalue weighted by Gasteiger charge is 2.19. The Morgan fingerprint density at radius 1 is 1.57 bits per heavy atom. The Morgan fingerprint density at radius 2 is 2.57 bits per heavy atom. The van der Waals surface area contributed by atoms with Gasteiger partial charge in [-0.2, -0.15) is 0 Å². The number of allylic oxidation sites excluding steroid dienone is 4. The predicted octanol–water partition coefficient (Wildman–Crippen LogP) is 1.89. The Bertz CT molecular complexity index is 140. The second kappa shape index (κ2) is 1.00. The maximum absolute atomic E-state index is 2.34. The van der Waals surface area contributed by atoms with Gasteiger partial charge in [0.2, 0.25) is 0 Å². The van der Waals surface area contributed by atoms with Crippen LogP contribution in [0.2, 0.25) is 0 Å². The molecule has 0 heteroatoms. The molecule has 0 saturated heterocycles. The molecule has 0 aromatic carbocycles. The lowest BCUT2D eigenvalue weighted by Crippen LogP contribution is -2.00. The van der Waals surface area contributed by atoms with E-state index in [1.54, 1.807) is 5.57 Å². The van der Waals surface area contributed by atoms with Crippen molar-refractivity contribution < 1.29 is 0 Å². The molecule has 0 spiro atoms. The van der Waals surface area contributed by atoms with E-state index in [9.17, 15) is 0 Å². The highest BCUT2D eigenvalue weighted by atomic mass is 14.2. The van der Waals surface area contributed by atoms with Gasteiger partial charge in [-0.25, -0.2) is 0 Å². The molecule has 1 atom stereocenters. The van der Waals surface area contributed by atoms with Crippen molar-refractivity contribution in [3.05, 3.63) is 23.8 Å². The summed E-state index contributed by atoms with van der Waals surface area (Å²) < 4.78 is 0. The Balaban J connectivity index is 2.38. The largest absolute Gasteiger partial charge is 0.0807 e. The summed E-state index contributed by atoms with van der Waals surface area (Å²) in [6.07, 6.45) is 9.54. The lowest BCUT2D eigenvalue weighted by Gasteiger charge is -2.13. The van der Waals surface area contributed by atoms with Gasteiger partial charge < -0.3 is 0 Å². The molecule has 0 nitrogen and oxygen atoms in total. The van der Waals surface area contributed by atoms with Crippen molar-refractivity contribution in [2.45, 2.75) is 12.8 Å². The lowest BCUT2D eigenvalue weighted by atomic mass is 9.91. The summed E-state index contributed by atoms with van der Waals surface area (Å²) in [5.41, 5.74) is 1.58. The first-order valence-electron chi connectivity index (χ1n) is 2.85. The summed E-state index contributed by atoms with van der Waals surface area (Å²) in [5.74, 6) is 0.875. The minimum absolute atomic E-state index is 0.875. The smallest absolute Gasteiger partial charge is 0.00208 e. The third-order valence-electron chi connectivity index (χ3n) is 1.81. The quantitative estimate of drug-likeness (QED) is 0.428. The normalized spacial score (nSPS) is 34.3. The molecule has 0 radical (unpaired) electrons. The fourth-order valence-corrected chi connectivity index (χ4v) is 1.26. The average molecular weight is 92.1 g/mol. The summed E-state index contributed by atoms with van der Waals surface area (Å²) in [5, 5.41) is 0. The predicted molar refractivity (Wildman–Crippen MR) is 29.9 cm³/mol. The molecule has 7 heavy (non-hydrogen) atoms. The van der Waals surface area contributed by atoms with E-state index >= 15 is 0 Å². The van der Waals surface area contributed by atoms with Gasteiger partial charge in [-0.3, -0.25) is 0 Å². The Labute approximate surface area is 43.5 Å². The maximum atomic E-state index is 2.34. The van der Waals surface area contributed by atoms with Crippen molar-refractivity contribution in [1.82, 2.24) is 0 Å². The molecule has 0 amide bonds. The van der Waals surface area contributed by atoms with E-state index in [1.165, 1.54) is 12.8 Å². The molecule has 2 aliphatic carbocycles. The van der Waals surface area contributed by atoms with Gasteiger partial charge in [-0.15, -0.1) is 0 Å². The van der Waals surface area contributed by atoms with Crippen LogP contribution in [-0.2, 0) is 0 Å². The molecule has 2 aliphatic rings. The molecule has 36 valence electrons.